The smallest absolute Gasteiger partial charge is 0.357 e. The topological polar surface area (TPSA) is 25.5 Å². The van der Waals surface area contributed by atoms with E-state index >= 15 is 0 Å². The van der Waals surface area contributed by atoms with Crippen LogP contribution in [0.15, 0.2) is 18.2 Å². The van der Waals surface area contributed by atoms with Crippen LogP contribution in [-0.4, -0.2) is 40.3 Å². The Kier molecular flexibility index (Phi) is 2.06. The van der Waals surface area contributed by atoms with Crippen molar-refractivity contribution in [1.82, 2.24) is 18.7 Å². The van der Waals surface area contributed by atoms with Gasteiger partial charge in [0.15, 0.2) is 0 Å². The summed E-state index contributed by atoms with van der Waals surface area (Å²) in [6.45, 7) is 6.19. The second kappa shape index (κ2) is 3.37. The summed E-state index contributed by atoms with van der Waals surface area (Å²) in [6, 6.07) is 6.12. The fourth-order valence-corrected chi connectivity index (χ4v) is 2.33. The Morgan fingerprint density at radius 1 is 1.35 bits per heavy atom. The molecule has 0 aromatic carbocycles. The lowest BCUT2D eigenvalue weighted by molar-refractivity contribution is 0.648. The molecule has 4 nitrogen and oxygen atoms in total. The minimum Gasteiger partial charge on any atom is -0.359 e. The van der Waals surface area contributed by atoms with Crippen LogP contribution < -0.4 is 5.35 Å². The van der Waals surface area contributed by atoms with Crippen LogP contribution in [0, 0.1) is 6.92 Å². The van der Waals surface area contributed by atoms with Crippen molar-refractivity contribution in [3.63, 3.8) is 0 Å². The Hall–Kier alpha value is -1.75. The molecule has 0 aliphatic carbocycles. The molecule has 0 aliphatic heterocycles. The van der Waals surface area contributed by atoms with Gasteiger partial charge in [0, 0.05) is 5.35 Å². The van der Waals surface area contributed by atoms with Gasteiger partial charge in [0.25, 0.3) is 0 Å². The molecule has 1 radical (unpaired) electrons. The Morgan fingerprint density at radius 2 is 2.12 bits per heavy atom. The first kappa shape index (κ1) is 10.4. The third-order valence-electron chi connectivity index (χ3n) is 2.95. The van der Waals surface area contributed by atoms with E-state index in [1.54, 1.807) is 0 Å². The van der Waals surface area contributed by atoms with Crippen LogP contribution >= 0.6 is 0 Å². The van der Waals surface area contributed by atoms with Gasteiger partial charge in [0.2, 0.25) is 0 Å². The molecule has 5 heteroatoms. The van der Waals surface area contributed by atoms with Crippen molar-refractivity contribution in [2.45, 2.75) is 6.92 Å². The van der Waals surface area contributed by atoms with Gasteiger partial charge in [-0.1, -0.05) is 12.6 Å². The number of hydrogen-bond acceptors (Lipinski definition) is 2. The average Bonchev–Trinajstić information content (AvgIpc) is 2.73. The summed E-state index contributed by atoms with van der Waals surface area (Å²) in [4.78, 5) is 6.55. The van der Waals surface area contributed by atoms with Gasteiger partial charge >= 0.3 is 7.55 Å². The van der Waals surface area contributed by atoms with E-state index in [1.807, 2.05) is 45.5 Å². The van der Waals surface area contributed by atoms with Crippen LogP contribution in [0.1, 0.15) is 5.69 Å². The zero-order chi connectivity index (χ0) is 12.2. The van der Waals surface area contributed by atoms with Gasteiger partial charge in [-0.25, -0.2) is 4.98 Å². The van der Waals surface area contributed by atoms with Gasteiger partial charge in [0.1, 0.15) is 11.3 Å². The molecule has 0 saturated heterocycles. The van der Waals surface area contributed by atoms with E-state index in [0.717, 1.165) is 27.9 Å². The van der Waals surface area contributed by atoms with Gasteiger partial charge < -0.3 is 9.29 Å². The largest absolute Gasteiger partial charge is 0.359 e. The monoisotopic (exact) mass is 225 g/mol. The van der Waals surface area contributed by atoms with Gasteiger partial charge in [-0.2, -0.15) is 0 Å². The molecule has 0 amide bonds. The van der Waals surface area contributed by atoms with E-state index in [2.05, 4.69) is 26.5 Å². The van der Waals surface area contributed by atoms with E-state index in [1.165, 1.54) is 0 Å². The van der Waals surface area contributed by atoms with Crippen molar-refractivity contribution in [3.8, 4) is 0 Å². The summed E-state index contributed by atoms with van der Waals surface area (Å²) in [6.07, 6.45) is 0. The van der Waals surface area contributed by atoms with Gasteiger partial charge in [-0.3, -0.25) is 4.40 Å². The molecule has 0 bridgehead atoms. The second-order valence-electron chi connectivity index (χ2n) is 4.52. The van der Waals surface area contributed by atoms with Crippen molar-refractivity contribution >= 4 is 30.9 Å². The molecule has 3 aromatic rings. The Morgan fingerprint density at radius 3 is 2.82 bits per heavy atom. The molecule has 17 heavy (non-hydrogen) atoms. The first-order chi connectivity index (χ1) is 8.09. The van der Waals surface area contributed by atoms with Gasteiger partial charge in [-0.05, 0) is 33.2 Å². The molecule has 0 fully saturated rings. The first-order valence-electron chi connectivity index (χ1n) is 5.57. The maximum atomic E-state index is 4.54. The molecular formula is C12H14BN4. The van der Waals surface area contributed by atoms with E-state index in [0.29, 0.717) is 0 Å². The summed E-state index contributed by atoms with van der Waals surface area (Å²) < 4.78 is 4.24. The third kappa shape index (κ3) is 1.32. The molecule has 3 rings (SSSR count). The molecule has 0 N–H and O–H groups in total. The first-order valence-corrected chi connectivity index (χ1v) is 5.57. The molecule has 85 valence electrons. The molecule has 3 heterocycles. The normalized spacial score (nSPS) is 12.0. The Balaban J connectivity index is 2.47. The van der Waals surface area contributed by atoms with E-state index < -0.39 is 0 Å². The third-order valence-corrected chi connectivity index (χ3v) is 2.95. The number of pyridine rings is 1. The zero-order valence-corrected chi connectivity index (χ0v) is 10.3. The number of imidazole rings is 2. The SMILES string of the molecule is C=c1c2c(C)nc3cccc(n1[B]N(C)C)n32. The maximum Gasteiger partial charge on any atom is 0.357 e. The minimum atomic E-state index is 0.977. The van der Waals surface area contributed by atoms with E-state index in [-0.39, 0.29) is 0 Å². The average molecular weight is 225 g/mol. The highest BCUT2D eigenvalue weighted by Crippen LogP contribution is 2.16. The minimum absolute atomic E-state index is 0.977. The molecule has 0 spiro atoms. The second-order valence-corrected chi connectivity index (χ2v) is 4.52. The molecule has 0 unspecified atom stereocenters. The van der Waals surface area contributed by atoms with Crippen molar-refractivity contribution in [2.75, 3.05) is 14.1 Å². The van der Waals surface area contributed by atoms with Crippen LogP contribution in [0.5, 0.6) is 0 Å². The summed E-state index contributed by atoms with van der Waals surface area (Å²) in [5.41, 5.74) is 4.20. The van der Waals surface area contributed by atoms with Crippen LogP contribution in [0.3, 0.4) is 0 Å². The Labute approximate surface area is 100 Å². The van der Waals surface area contributed by atoms with Crippen LogP contribution in [0.4, 0.5) is 0 Å². The fourth-order valence-electron chi connectivity index (χ4n) is 2.33. The predicted molar refractivity (Wildman–Crippen MR) is 71.0 cm³/mol. The number of aromatic nitrogens is 3. The summed E-state index contributed by atoms with van der Waals surface area (Å²) in [5, 5.41) is 0.977. The number of hydrogen-bond donors (Lipinski definition) is 0. The molecule has 3 aromatic heterocycles. The molecule has 0 atom stereocenters. The number of nitrogens with zero attached hydrogens (tertiary/aromatic N) is 4. The predicted octanol–water partition coefficient (Wildman–Crippen LogP) is 0.671. The molecular weight excluding hydrogens is 211 g/mol. The van der Waals surface area contributed by atoms with Crippen LogP contribution in [0.25, 0.3) is 23.4 Å². The van der Waals surface area contributed by atoms with E-state index in [4.69, 9.17) is 0 Å². The molecule has 0 aliphatic rings. The van der Waals surface area contributed by atoms with E-state index in [9.17, 15) is 0 Å². The van der Waals surface area contributed by atoms with Crippen molar-refractivity contribution in [3.05, 3.63) is 29.2 Å². The highest BCUT2D eigenvalue weighted by atomic mass is 15.2. The number of rotatable bonds is 2. The van der Waals surface area contributed by atoms with Crippen molar-refractivity contribution in [2.24, 2.45) is 0 Å². The van der Waals surface area contributed by atoms with Gasteiger partial charge in [0.05, 0.1) is 11.2 Å². The van der Waals surface area contributed by atoms with Crippen molar-refractivity contribution < 1.29 is 0 Å². The summed E-state index contributed by atoms with van der Waals surface area (Å²) in [5.74, 6) is 0. The lowest BCUT2D eigenvalue weighted by atomic mass is 10.1. The quantitative estimate of drug-likeness (QED) is 0.599. The zero-order valence-electron chi connectivity index (χ0n) is 10.3. The number of aryl methyl sites for hydroxylation is 1. The Bertz CT molecular complexity index is 738. The highest BCUT2D eigenvalue weighted by Gasteiger charge is 2.15. The summed E-state index contributed by atoms with van der Waals surface area (Å²) in [7, 11) is 6.04. The standard InChI is InChI=1S/C12H14BN4/c1-8-12-9(2)17(13-15(3)4)11-7-5-6-10(14-8)16(11)12/h5-7H,2H2,1,3-4H3. The van der Waals surface area contributed by atoms with Gasteiger partial charge in [-0.15, -0.1) is 0 Å². The lowest BCUT2D eigenvalue weighted by Gasteiger charge is -2.09. The molecule has 0 saturated carbocycles. The maximum absolute atomic E-state index is 4.54. The summed E-state index contributed by atoms with van der Waals surface area (Å²) >= 11 is 0. The fraction of sp³-hybridized carbons (Fsp3) is 0.250. The van der Waals surface area contributed by atoms with Crippen LogP contribution in [0.2, 0.25) is 0 Å². The van der Waals surface area contributed by atoms with Crippen LogP contribution in [-0.2, 0) is 0 Å². The lowest BCUT2D eigenvalue weighted by Crippen LogP contribution is -2.31. The van der Waals surface area contributed by atoms with Crippen molar-refractivity contribution in [1.29, 1.82) is 0 Å². The highest BCUT2D eigenvalue weighted by molar-refractivity contribution is 6.31.